The van der Waals surface area contributed by atoms with E-state index < -0.39 is 21.9 Å². The van der Waals surface area contributed by atoms with Crippen molar-refractivity contribution in [2.75, 3.05) is 22.7 Å². The number of benzene rings is 2. The minimum atomic E-state index is -4.15. The van der Waals surface area contributed by atoms with Crippen molar-refractivity contribution in [3.05, 3.63) is 64.2 Å². The molecule has 1 aliphatic heterocycles. The van der Waals surface area contributed by atoms with E-state index in [-0.39, 0.29) is 51.9 Å². The van der Waals surface area contributed by atoms with E-state index in [1.54, 1.807) is 24.3 Å². The normalized spacial score (nSPS) is 15.2. The summed E-state index contributed by atoms with van der Waals surface area (Å²) in [6.07, 6.45) is 0.727. The molecule has 0 aliphatic carbocycles. The summed E-state index contributed by atoms with van der Waals surface area (Å²) in [5.41, 5.74) is 1.07. The van der Waals surface area contributed by atoms with E-state index in [1.165, 1.54) is 34.2 Å². The Balaban J connectivity index is 1.69. The van der Waals surface area contributed by atoms with Crippen molar-refractivity contribution in [3.8, 4) is 5.75 Å². The molecule has 4 rings (SSSR count). The van der Waals surface area contributed by atoms with Gasteiger partial charge in [0, 0.05) is 42.5 Å². The van der Waals surface area contributed by atoms with Crippen molar-refractivity contribution in [2.45, 2.75) is 37.9 Å². The molecule has 0 bridgehead atoms. The van der Waals surface area contributed by atoms with E-state index in [0.717, 1.165) is 0 Å². The minimum absolute atomic E-state index is 0.0775. The molecule has 2 N–H and O–H groups in total. The Morgan fingerprint density at radius 1 is 1.28 bits per heavy atom. The van der Waals surface area contributed by atoms with E-state index in [4.69, 9.17) is 27.9 Å². The largest absolute Gasteiger partial charge is 0.484 e. The van der Waals surface area contributed by atoms with Crippen LogP contribution in [0.25, 0.3) is 0 Å². The van der Waals surface area contributed by atoms with Crippen molar-refractivity contribution in [1.29, 1.82) is 0 Å². The molecule has 1 atom stereocenters. The van der Waals surface area contributed by atoms with Crippen LogP contribution < -0.4 is 19.7 Å². The van der Waals surface area contributed by atoms with E-state index >= 15 is 0 Å². The number of fused-ring (bicyclic) bond motifs is 1. The highest BCUT2D eigenvalue weighted by Gasteiger charge is 2.37. The second-order valence-electron chi connectivity index (χ2n) is 8.09. The third-order valence-electron chi connectivity index (χ3n) is 5.58. The lowest BCUT2D eigenvalue weighted by molar-refractivity contribution is -0.119. The van der Waals surface area contributed by atoms with Crippen LogP contribution in [0, 0.1) is 5.82 Å². The molecule has 1 aromatic heterocycles. The molecule has 2 aromatic carbocycles. The van der Waals surface area contributed by atoms with Crippen LogP contribution in [0.3, 0.4) is 0 Å². The quantitative estimate of drug-likeness (QED) is 0.434. The fourth-order valence-corrected chi connectivity index (χ4v) is 5.92. The molecule has 36 heavy (non-hydrogen) atoms. The van der Waals surface area contributed by atoms with Gasteiger partial charge in [0.05, 0.1) is 18.8 Å². The maximum Gasteiger partial charge on any atom is 0.269 e. The van der Waals surface area contributed by atoms with Gasteiger partial charge >= 0.3 is 0 Å². The number of hydrogen-bond donors (Lipinski definition) is 2. The van der Waals surface area contributed by atoms with Gasteiger partial charge in [0.1, 0.15) is 22.6 Å². The van der Waals surface area contributed by atoms with E-state index in [9.17, 15) is 17.6 Å². The SMILES string of the molecule is CCn1cc(S(=O)(=O)N2C[C@H](CNC(C)=O)Oc3ccc(NCc4c(F)cccc4Cl)cc32)c(Cl)n1. The Hall–Kier alpha value is -3.02. The van der Waals surface area contributed by atoms with Gasteiger partial charge in [-0.25, -0.2) is 12.8 Å². The number of sulfonamides is 1. The van der Waals surface area contributed by atoms with E-state index in [2.05, 4.69) is 15.7 Å². The number of nitrogens with one attached hydrogen (secondary N) is 2. The average Bonchev–Trinajstić information content (AvgIpc) is 3.23. The van der Waals surface area contributed by atoms with E-state index in [0.29, 0.717) is 18.0 Å². The van der Waals surface area contributed by atoms with Crippen LogP contribution in [0.1, 0.15) is 19.4 Å². The summed E-state index contributed by atoms with van der Waals surface area (Å²) in [5.74, 6) is -0.421. The van der Waals surface area contributed by atoms with Gasteiger partial charge in [0.25, 0.3) is 10.0 Å². The summed E-state index contributed by atoms with van der Waals surface area (Å²) >= 11 is 12.3. The third kappa shape index (κ3) is 5.37. The topological polar surface area (TPSA) is 106 Å². The molecule has 1 aliphatic rings. The third-order valence-corrected chi connectivity index (χ3v) is 8.10. The van der Waals surface area contributed by atoms with Crippen LogP contribution in [0.5, 0.6) is 5.75 Å². The Morgan fingerprint density at radius 2 is 2.06 bits per heavy atom. The second kappa shape index (κ2) is 10.5. The van der Waals surface area contributed by atoms with Gasteiger partial charge in [-0.3, -0.25) is 13.8 Å². The molecule has 0 fully saturated rings. The van der Waals surface area contributed by atoms with Crippen molar-refractivity contribution in [3.63, 3.8) is 0 Å². The smallest absolute Gasteiger partial charge is 0.269 e. The monoisotopic (exact) mass is 555 g/mol. The Morgan fingerprint density at radius 3 is 2.72 bits per heavy atom. The van der Waals surface area contributed by atoms with Gasteiger partial charge in [-0.15, -0.1) is 0 Å². The van der Waals surface area contributed by atoms with Gasteiger partial charge in [0.2, 0.25) is 5.91 Å². The van der Waals surface area contributed by atoms with Crippen molar-refractivity contribution in [2.24, 2.45) is 0 Å². The highest BCUT2D eigenvalue weighted by Crippen LogP contribution is 2.40. The van der Waals surface area contributed by atoms with Crippen LogP contribution in [-0.4, -0.2) is 43.3 Å². The van der Waals surface area contributed by atoms with Crippen LogP contribution in [-0.2, 0) is 27.9 Å². The number of halogens is 3. The van der Waals surface area contributed by atoms with E-state index in [1.807, 2.05) is 6.92 Å². The number of amides is 1. The zero-order valence-corrected chi connectivity index (χ0v) is 21.8. The van der Waals surface area contributed by atoms with Crippen molar-refractivity contribution >= 4 is 50.5 Å². The van der Waals surface area contributed by atoms with Gasteiger partial charge in [-0.05, 0) is 37.3 Å². The average molecular weight is 556 g/mol. The number of ether oxygens (including phenoxy) is 1. The molecule has 0 spiro atoms. The first kappa shape index (κ1) is 26.1. The maximum absolute atomic E-state index is 14.2. The summed E-state index contributed by atoms with van der Waals surface area (Å²) in [4.78, 5) is 11.3. The Kier molecular flexibility index (Phi) is 7.62. The maximum atomic E-state index is 14.2. The lowest BCUT2D eigenvalue weighted by Crippen LogP contribution is -2.48. The van der Waals surface area contributed by atoms with Gasteiger partial charge in [-0.1, -0.05) is 29.3 Å². The molecule has 2 heterocycles. The highest BCUT2D eigenvalue weighted by molar-refractivity contribution is 7.93. The first-order chi connectivity index (χ1) is 17.1. The predicted molar refractivity (Wildman–Crippen MR) is 136 cm³/mol. The summed E-state index contributed by atoms with van der Waals surface area (Å²) in [6.45, 7) is 3.72. The number of carbonyl (C=O) groups excluding carboxylic acids is 1. The standard InChI is InChI=1S/C23H24Cl2FN5O4S/c1-3-30-13-22(23(25)29-30)36(33,34)31-12-16(10-27-14(2)32)35-21-8-7-15(9-20(21)31)28-11-17-18(24)5-4-6-19(17)26/h4-9,13,16,28H,3,10-12H2,1-2H3,(H,27,32)/t16-/m0/s1. The molecule has 0 radical (unpaired) electrons. The number of hydrogen-bond acceptors (Lipinski definition) is 6. The molecule has 9 nitrogen and oxygen atoms in total. The summed E-state index contributed by atoms with van der Waals surface area (Å²) in [6, 6.07) is 9.30. The number of aryl methyl sites for hydroxylation is 1. The van der Waals surface area contributed by atoms with Crippen LogP contribution in [0.2, 0.25) is 10.2 Å². The lowest BCUT2D eigenvalue weighted by atomic mass is 10.1. The molecule has 0 unspecified atom stereocenters. The first-order valence-corrected chi connectivity index (χ1v) is 13.3. The highest BCUT2D eigenvalue weighted by atomic mass is 35.5. The fourth-order valence-electron chi connectivity index (χ4n) is 3.74. The van der Waals surface area contributed by atoms with Crippen LogP contribution >= 0.6 is 23.2 Å². The zero-order chi connectivity index (χ0) is 26.0. The Bertz CT molecular complexity index is 1380. The number of anilines is 2. The molecular weight excluding hydrogens is 532 g/mol. The molecule has 0 saturated carbocycles. The van der Waals surface area contributed by atoms with Crippen molar-refractivity contribution < 1.29 is 22.3 Å². The number of carbonyl (C=O) groups is 1. The number of nitrogens with zero attached hydrogens (tertiary/aromatic N) is 3. The minimum Gasteiger partial charge on any atom is -0.484 e. The zero-order valence-electron chi connectivity index (χ0n) is 19.5. The summed E-state index contributed by atoms with van der Waals surface area (Å²) in [5, 5.41) is 9.91. The van der Waals surface area contributed by atoms with Crippen LogP contribution in [0.4, 0.5) is 15.8 Å². The Labute approximate surface area is 218 Å². The van der Waals surface area contributed by atoms with Crippen molar-refractivity contribution in [1.82, 2.24) is 15.1 Å². The number of rotatable bonds is 8. The molecule has 13 heteroatoms. The molecule has 0 saturated heterocycles. The predicted octanol–water partition coefficient (Wildman–Crippen LogP) is 4.05. The number of aromatic nitrogens is 2. The van der Waals surface area contributed by atoms with Gasteiger partial charge < -0.3 is 15.4 Å². The summed E-state index contributed by atoms with van der Waals surface area (Å²) in [7, 11) is -4.15. The summed E-state index contributed by atoms with van der Waals surface area (Å²) < 4.78 is 50.2. The second-order valence-corrected chi connectivity index (χ2v) is 10.7. The molecule has 1 amide bonds. The first-order valence-electron chi connectivity index (χ1n) is 11.1. The van der Waals surface area contributed by atoms with Gasteiger partial charge in [-0.2, -0.15) is 5.10 Å². The molecule has 3 aromatic rings. The molecule has 192 valence electrons. The lowest BCUT2D eigenvalue weighted by Gasteiger charge is -2.35. The van der Waals surface area contributed by atoms with Gasteiger partial charge in [0.15, 0.2) is 5.15 Å². The fraction of sp³-hybridized carbons (Fsp3) is 0.304. The van der Waals surface area contributed by atoms with Crippen LogP contribution in [0.15, 0.2) is 47.5 Å². The molecular formula is C23H24Cl2FN5O4S.